The van der Waals surface area contributed by atoms with E-state index in [0.29, 0.717) is 5.75 Å². The molecule has 1 aromatic rings. The van der Waals surface area contributed by atoms with Crippen molar-refractivity contribution in [1.29, 1.82) is 0 Å². The molecule has 0 saturated carbocycles. The molecule has 0 aromatic heterocycles. The molecule has 2 nitrogen and oxygen atoms in total. The smallest absolute Gasteiger partial charge is 0.145 e. The Balaban J connectivity index is 2.42. The Bertz CT molecular complexity index is 334. The van der Waals surface area contributed by atoms with Crippen LogP contribution in [0.1, 0.15) is 13.8 Å². The first kappa shape index (κ1) is 9.59. The third kappa shape index (κ3) is 1.52. The van der Waals surface area contributed by atoms with E-state index in [1.807, 2.05) is 13.8 Å². The van der Waals surface area contributed by atoms with Gasteiger partial charge in [-0.15, -0.1) is 0 Å². The van der Waals surface area contributed by atoms with Gasteiger partial charge in [-0.05, 0) is 19.9 Å². The van der Waals surface area contributed by atoms with Gasteiger partial charge in [-0.3, -0.25) is 0 Å². The van der Waals surface area contributed by atoms with Crippen molar-refractivity contribution >= 4 is 17.3 Å². The van der Waals surface area contributed by atoms with Gasteiger partial charge < -0.3 is 10.1 Å². The lowest BCUT2D eigenvalue weighted by Gasteiger charge is -2.30. The first-order valence-electron chi connectivity index (χ1n) is 4.50. The maximum absolute atomic E-state index is 13.1. The Kier molecular flexibility index (Phi) is 2.27. The number of fused-ring (bicyclic) bond motifs is 1. The van der Waals surface area contributed by atoms with Crippen LogP contribution in [0.2, 0.25) is 5.02 Å². The van der Waals surface area contributed by atoms with Crippen LogP contribution >= 0.6 is 11.6 Å². The van der Waals surface area contributed by atoms with Crippen LogP contribution in [0.25, 0.3) is 0 Å². The molecular weight excluding hydrogens is 205 g/mol. The van der Waals surface area contributed by atoms with Crippen molar-refractivity contribution in [2.24, 2.45) is 0 Å². The molecule has 2 rings (SSSR count). The van der Waals surface area contributed by atoms with E-state index in [2.05, 4.69) is 5.32 Å². The summed E-state index contributed by atoms with van der Waals surface area (Å²) in [5.41, 5.74) is 0.752. The molecule has 1 N–H and O–H groups in total. The van der Waals surface area contributed by atoms with Gasteiger partial charge in [-0.1, -0.05) is 11.6 Å². The quantitative estimate of drug-likeness (QED) is 0.718. The summed E-state index contributed by atoms with van der Waals surface area (Å²) in [5, 5.41) is 3.31. The Morgan fingerprint density at radius 3 is 2.86 bits per heavy atom. The van der Waals surface area contributed by atoms with Gasteiger partial charge in [0.1, 0.15) is 17.7 Å². The lowest BCUT2D eigenvalue weighted by Crippen LogP contribution is -2.36. The molecule has 0 saturated heterocycles. The van der Waals surface area contributed by atoms with Crippen molar-refractivity contribution in [2.75, 3.05) is 5.32 Å². The standard InChI is InChI=1S/C10H11ClFNO/c1-5-6(2)14-10-4-8(12)7(11)3-9(10)13-5/h3-6,13H,1-2H3. The highest BCUT2D eigenvalue weighted by Crippen LogP contribution is 2.35. The minimum Gasteiger partial charge on any atom is -0.486 e. The predicted octanol–water partition coefficient (Wildman–Crippen LogP) is 3.06. The molecule has 0 bridgehead atoms. The molecule has 0 spiro atoms. The molecule has 1 aliphatic heterocycles. The Morgan fingerprint density at radius 2 is 2.14 bits per heavy atom. The summed E-state index contributed by atoms with van der Waals surface area (Å²) in [5.74, 6) is 0.0754. The van der Waals surface area contributed by atoms with Gasteiger partial charge >= 0.3 is 0 Å². The second-order valence-corrected chi connectivity index (χ2v) is 3.93. The highest BCUT2D eigenvalue weighted by molar-refractivity contribution is 6.31. The molecule has 0 aliphatic carbocycles. The second kappa shape index (κ2) is 3.31. The SMILES string of the molecule is CC1Nc2cc(Cl)c(F)cc2OC1C. The van der Waals surface area contributed by atoms with Crippen LogP contribution in [0.4, 0.5) is 10.1 Å². The summed E-state index contributed by atoms with van der Waals surface area (Å²) >= 11 is 5.66. The topological polar surface area (TPSA) is 21.3 Å². The molecule has 2 unspecified atom stereocenters. The van der Waals surface area contributed by atoms with E-state index in [0.717, 1.165) is 5.69 Å². The van der Waals surface area contributed by atoms with E-state index in [-0.39, 0.29) is 17.2 Å². The monoisotopic (exact) mass is 215 g/mol. The Hall–Kier alpha value is -0.960. The maximum Gasteiger partial charge on any atom is 0.145 e. The number of ether oxygens (including phenoxy) is 1. The fraction of sp³-hybridized carbons (Fsp3) is 0.400. The van der Waals surface area contributed by atoms with Crippen molar-refractivity contribution in [3.63, 3.8) is 0 Å². The van der Waals surface area contributed by atoms with E-state index in [1.54, 1.807) is 6.07 Å². The summed E-state index contributed by atoms with van der Waals surface area (Å²) in [6, 6.07) is 3.06. The van der Waals surface area contributed by atoms with Gasteiger partial charge in [-0.2, -0.15) is 0 Å². The molecule has 2 atom stereocenters. The minimum atomic E-state index is -0.450. The van der Waals surface area contributed by atoms with Crippen LogP contribution in [0, 0.1) is 5.82 Å². The second-order valence-electron chi connectivity index (χ2n) is 3.52. The van der Waals surface area contributed by atoms with Crippen LogP contribution in [0.3, 0.4) is 0 Å². The van der Waals surface area contributed by atoms with Gasteiger partial charge in [0.2, 0.25) is 0 Å². The Morgan fingerprint density at radius 1 is 1.43 bits per heavy atom. The third-order valence-electron chi connectivity index (χ3n) is 2.42. The number of hydrogen-bond acceptors (Lipinski definition) is 2. The third-order valence-corrected chi connectivity index (χ3v) is 2.71. The van der Waals surface area contributed by atoms with Crippen LogP contribution in [-0.4, -0.2) is 12.1 Å². The fourth-order valence-electron chi connectivity index (χ4n) is 1.40. The van der Waals surface area contributed by atoms with Gasteiger partial charge in [-0.25, -0.2) is 4.39 Å². The molecule has 1 aliphatic rings. The molecular formula is C10H11ClFNO. The first-order valence-corrected chi connectivity index (χ1v) is 4.88. The molecule has 4 heteroatoms. The lowest BCUT2D eigenvalue weighted by molar-refractivity contribution is 0.193. The van der Waals surface area contributed by atoms with E-state index in [4.69, 9.17) is 16.3 Å². The van der Waals surface area contributed by atoms with Crippen molar-refractivity contribution in [1.82, 2.24) is 0 Å². The normalized spacial score (nSPS) is 24.9. The predicted molar refractivity (Wildman–Crippen MR) is 54.6 cm³/mol. The number of anilines is 1. The summed E-state index contributed by atoms with van der Waals surface area (Å²) in [7, 11) is 0. The highest BCUT2D eigenvalue weighted by atomic mass is 35.5. The average Bonchev–Trinajstić information content (AvgIpc) is 2.11. The Labute approximate surface area is 87.0 Å². The zero-order valence-electron chi connectivity index (χ0n) is 7.97. The lowest BCUT2D eigenvalue weighted by atomic mass is 10.1. The number of benzene rings is 1. The summed E-state index contributed by atoms with van der Waals surface area (Å²) < 4.78 is 18.6. The van der Waals surface area contributed by atoms with Crippen molar-refractivity contribution in [2.45, 2.75) is 26.0 Å². The molecule has 14 heavy (non-hydrogen) atoms. The van der Waals surface area contributed by atoms with Crippen LogP contribution < -0.4 is 10.1 Å². The number of halogens is 2. The molecule has 0 radical (unpaired) electrons. The van der Waals surface area contributed by atoms with Crippen molar-refractivity contribution in [3.8, 4) is 5.75 Å². The number of hydrogen-bond donors (Lipinski definition) is 1. The minimum absolute atomic E-state index is 0.0306. The molecule has 0 amide bonds. The number of rotatable bonds is 0. The largest absolute Gasteiger partial charge is 0.486 e. The van der Waals surface area contributed by atoms with Crippen LogP contribution in [0.5, 0.6) is 5.75 Å². The maximum atomic E-state index is 13.1. The highest BCUT2D eigenvalue weighted by Gasteiger charge is 2.23. The summed E-state index contributed by atoms with van der Waals surface area (Å²) in [6.45, 7) is 3.94. The van der Waals surface area contributed by atoms with Gasteiger partial charge in [0.15, 0.2) is 0 Å². The average molecular weight is 216 g/mol. The van der Waals surface area contributed by atoms with E-state index < -0.39 is 5.82 Å². The zero-order valence-corrected chi connectivity index (χ0v) is 8.73. The van der Waals surface area contributed by atoms with Gasteiger partial charge in [0, 0.05) is 6.07 Å². The summed E-state index contributed by atoms with van der Waals surface area (Å²) in [4.78, 5) is 0. The first-order chi connectivity index (χ1) is 6.58. The van der Waals surface area contributed by atoms with Gasteiger partial charge in [0.05, 0.1) is 16.8 Å². The fourth-order valence-corrected chi connectivity index (χ4v) is 1.57. The summed E-state index contributed by atoms with van der Waals surface area (Å²) in [6.07, 6.45) is 0.0306. The molecule has 1 heterocycles. The van der Waals surface area contributed by atoms with Crippen molar-refractivity contribution in [3.05, 3.63) is 23.0 Å². The van der Waals surface area contributed by atoms with E-state index in [1.165, 1.54) is 6.07 Å². The molecule has 76 valence electrons. The van der Waals surface area contributed by atoms with Crippen molar-refractivity contribution < 1.29 is 9.13 Å². The van der Waals surface area contributed by atoms with Gasteiger partial charge in [0.25, 0.3) is 0 Å². The van der Waals surface area contributed by atoms with Crippen LogP contribution in [0.15, 0.2) is 12.1 Å². The van der Waals surface area contributed by atoms with E-state index in [9.17, 15) is 4.39 Å². The molecule has 0 fully saturated rings. The zero-order chi connectivity index (χ0) is 10.3. The number of nitrogens with one attached hydrogen (secondary N) is 1. The van der Waals surface area contributed by atoms with E-state index >= 15 is 0 Å². The molecule has 1 aromatic carbocycles. The van der Waals surface area contributed by atoms with Crippen LogP contribution in [-0.2, 0) is 0 Å².